The van der Waals surface area contributed by atoms with Crippen LogP contribution in [0.5, 0.6) is 0 Å². The molecule has 0 aliphatic rings. The maximum absolute atomic E-state index is 8.13. The van der Waals surface area contributed by atoms with Gasteiger partial charge in [-0.25, -0.2) is 0 Å². The van der Waals surface area contributed by atoms with Crippen LogP contribution in [0.25, 0.3) is 0 Å². The van der Waals surface area contributed by atoms with Gasteiger partial charge in [-0.1, -0.05) is 6.08 Å². The molecule has 0 radical (unpaired) electrons. The monoisotopic (exact) mass is 160 g/mol. The first-order valence-corrected chi connectivity index (χ1v) is 3.73. The zero-order chi connectivity index (χ0) is 6.62. The van der Waals surface area contributed by atoms with Gasteiger partial charge in [0.05, 0.1) is 6.61 Å². The molecule has 0 amide bonds. The molecule has 0 aromatic heterocycles. The van der Waals surface area contributed by atoms with Gasteiger partial charge in [0, 0.05) is 0 Å². The first-order valence-electron chi connectivity index (χ1n) is 1.98. The van der Waals surface area contributed by atoms with Gasteiger partial charge in [-0.05, 0) is 0 Å². The fourth-order valence-corrected chi connectivity index (χ4v) is 0.512. The third-order valence-corrected chi connectivity index (χ3v) is 0.949. The molecule has 0 spiro atoms. The first kappa shape index (κ1) is 12.5. The fourth-order valence-electron chi connectivity index (χ4n) is 0.171. The van der Waals surface area contributed by atoms with Crippen molar-refractivity contribution in [1.82, 2.24) is 0 Å². The Bertz CT molecular complexity index is 80.4. The molecule has 0 aliphatic heterocycles. The van der Waals surface area contributed by atoms with Gasteiger partial charge < -0.3 is 18.8 Å². The molecule has 0 bridgehead atoms. The topological polar surface area (TPSA) is 69.9 Å². The van der Waals surface area contributed by atoms with Crippen LogP contribution in [0.3, 0.4) is 0 Å². The van der Waals surface area contributed by atoms with Gasteiger partial charge >= 0.3 is 38.6 Å². The quantitative estimate of drug-likeness (QED) is 0.328. The molecule has 0 aliphatic carbocycles. The van der Waals surface area contributed by atoms with E-state index in [0.29, 0.717) is 0 Å². The molecule has 50 valence electrons. The number of hydrogen-bond acceptors (Lipinski definition) is 4. The predicted molar refractivity (Wildman–Crippen MR) is 35.7 cm³/mol. The second kappa shape index (κ2) is 5.57. The fraction of sp³-hybridized carbons (Fsp3) is 0.333. The summed E-state index contributed by atoms with van der Waals surface area (Å²) in [5, 5.41) is 0. The van der Waals surface area contributed by atoms with Crippen molar-refractivity contribution in [3.8, 4) is 0 Å². The van der Waals surface area contributed by atoms with Crippen molar-refractivity contribution >= 4 is 38.6 Å². The van der Waals surface area contributed by atoms with Gasteiger partial charge in [0.15, 0.2) is 0 Å². The number of hydrogen-bond donors (Lipinski definition) is 3. The summed E-state index contributed by atoms with van der Waals surface area (Å²) in [5.74, 6) is 0. The summed E-state index contributed by atoms with van der Waals surface area (Å²) < 4.78 is 4.07. The van der Waals surface area contributed by atoms with Crippen molar-refractivity contribution in [3.63, 3.8) is 0 Å². The van der Waals surface area contributed by atoms with Crippen LogP contribution in [0.15, 0.2) is 12.7 Å². The van der Waals surface area contributed by atoms with E-state index in [-0.39, 0.29) is 36.2 Å². The van der Waals surface area contributed by atoms with E-state index in [9.17, 15) is 0 Å². The molecule has 0 fully saturated rings. The molecule has 4 nitrogen and oxygen atoms in total. The van der Waals surface area contributed by atoms with Crippen molar-refractivity contribution in [2.45, 2.75) is 0 Å². The molecule has 6 heteroatoms. The Morgan fingerprint density at radius 1 is 1.44 bits per heavy atom. The van der Waals surface area contributed by atoms with Crippen molar-refractivity contribution in [2.75, 3.05) is 6.61 Å². The van der Waals surface area contributed by atoms with Crippen LogP contribution in [0, 0.1) is 0 Å². The Morgan fingerprint density at radius 3 is 2.00 bits per heavy atom. The van der Waals surface area contributed by atoms with Crippen LogP contribution < -0.4 is 0 Å². The Hall–Kier alpha value is 0.797. The maximum atomic E-state index is 8.13. The van der Waals surface area contributed by atoms with Crippen LogP contribution in [0.2, 0.25) is 0 Å². The van der Waals surface area contributed by atoms with E-state index >= 15 is 0 Å². The van der Waals surface area contributed by atoms with Crippen LogP contribution in [0.4, 0.5) is 0 Å². The number of rotatable bonds is 3. The third kappa shape index (κ3) is 12.1. The molecule has 3 N–H and O–H groups in total. The summed E-state index contributed by atoms with van der Waals surface area (Å²) >= 11 is 0. The van der Waals surface area contributed by atoms with Crippen molar-refractivity contribution in [1.29, 1.82) is 0 Å². The molecule has 9 heavy (non-hydrogen) atoms. The second-order valence-electron chi connectivity index (χ2n) is 1.17. The molecular formula is C3H9NaO4Si. The van der Waals surface area contributed by atoms with E-state index in [2.05, 4.69) is 11.0 Å². The Morgan fingerprint density at radius 2 is 1.89 bits per heavy atom. The Labute approximate surface area is 76.6 Å². The van der Waals surface area contributed by atoms with Crippen LogP contribution in [0.1, 0.15) is 0 Å². The molecule has 0 aromatic rings. The molecule has 0 saturated carbocycles. The molecule has 0 unspecified atom stereocenters. The van der Waals surface area contributed by atoms with Gasteiger partial charge in [0.2, 0.25) is 0 Å². The van der Waals surface area contributed by atoms with E-state index in [1.165, 1.54) is 6.08 Å². The summed E-state index contributed by atoms with van der Waals surface area (Å²) in [6, 6.07) is 0. The average Bonchev–Trinajstić information content (AvgIpc) is 1.59. The third-order valence-electron chi connectivity index (χ3n) is 0.395. The molecule has 0 atom stereocenters. The molecule has 0 saturated heterocycles. The SMILES string of the molecule is C=CCO[Si](O)(O)O.[NaH]. The van der Waals surface area contributed by atoms with Gasteiger partial charge in [-0.3, -0.25) is 0 Å². The van der Waals surface area contributed by atoms with Gasteiger partial charge in [0.25, 0.3) is 0 Å². The summed E-state index contributed by atoms with van der Waals surface area (Å²) in [6.07, 6.45) is 1.31. The van der Waals surface area contributed by atoms with E-state index in [4.69, 9.17) is 14.4 Å². The van der Waals surface area contributed by atoms with Crippen molar-refractivity contribution < 1.29 is 18.8 Å². The van der Waals surface area contributed by atoms with Gasteiger partial charge in [-0.15, -0.1) is 6.58 Å². The van der Waals surface area contributed by atoms with E-state index in [1.807, 2.05) is 0 Å². The Kier molecular flexibility index (Phi) is 7.72. The van der Waals surface area contributed by atoms with E-state index in [1.54, 1.807) is 0 Å². The summed E-state index contributed by atoms with van der Waals surface area (Å²) in [6.45, 7) is 3.18. The van der Waals surface area contributed by atoms with Crippen molar-refractivity contribution in [3.05, 3.63) is 12.7 Å². The van der Waals surface area contributed by atoms with E-state index < -0.39 is 9.05 Å². The zero-order valence-corrected chi connectivity index (χ0v) is 5.24. The first-order chi connectivity index (χ1) is 3.56. The minimum atomic E-state index is -4.25. The summed E-state index contributed by atoms with van der Waals surface area (Å²) in [4.78, 5) is 24.4. The second-order valence-corrected chi connectivity index (χ2v) is 2.61. The molecule has 0 aromatic carbocycles. The minimum absolute atomic E-state index is 0. The van der Waals surface area contributed by atoms with Crippen LogP contribution in [-0.2, 0) is 4.43 Å². The predicted octanol–water partition coefficient (Wildman–Crippen LogP) is -2.05. The molecule has 0 heterocycles. The van der Waals surface area contributed by atoms with Crippen molar-refractivity contribution in [2.24, 2.45) is 0 Å². The molecular weight excluding hydrogens is 151 g/mol. The Balaban J connectivity index is 0. The van der Waals surface area contributed by atoms with Gasteiger partial charge in [-0.2, -0.15) is 0 Å². The standard InChI is InChI=1S/C3H8O4Si.Na.H/c1-2-3-7-8(4,5)6;;/h2,4-6H,1,3H2;;. The van der Waals surface area contributed by atoms with Gasteiger partial charge in [0.1, 0.15) is 0 Å². The zero-order valence-electron chi connectivity index (χ0n) is 4.24. The average molecular weight is 160 g/mol. The van der Waals surface area contributed by atoms with Crippen LogP contribution >= 0.6 is 0 Å². The summed E-state index contributed by atoms with van der Waals surface area (Å²) in [5.41, 5.74) is 0. The van der Waals surface area contributed by atoms with E-state index in [0.717, 1.165) is 0 Å². The van der Waals surface area contributed by atoms with Crippen LogP contribution in [-0.4, -0.2) is 59.6 Å². The summed E-state index contributed by atoms with van der Waals surface area (Å²) in [7, 11) is -4.25. The normalized spacial score (nSPS) is 10.1. The molecule has 0 rings (SSSR count).